The van der Waals surface area contributed by atoms with Gasteiger partial charge in [0.2, 0.25) is 0 Å². The summed E-state index contributed by atoms with van der Waals surface area (Å²) in [6, 6.07) is 0. The van der Waals surface area contributed by atoms with Gasteiger partial charge in [0.05, 0.1) is 5.88 Å². The molecule has 0 radical (unpaired) electrons. The van der Waals surface area contributed by atoms with E-state index >= 15 is 0 Å². The summed E-state index contributed by atoms with van der Waals surface area (Å²) in [5.41, 5.74) is 0. The highest BCUT2D eigenvalue weighted by Crippen LogP contribution is 1.86. The van der Waals surface area contributed by atoms with Crippen molar-refractivity contribution < 1.29 is 14.3 Å². The monoisotopic (exact) mass is 170 g/mol. The summed E-state index contributed by atoms with van der Waals surface area (Å²) >= 11 is 9.83. The minimum atomic E-state index is -1.12. The Morgan fingerprint density at radius 3 is 2.33 bits per heavy atom. The molecule has 0 aromatic rings. The van der Waals surface area contributed by atoms with Crippen molar-refractivity contribution in [3.05, 3.63) is 0 Å². The molecule has 5 heteroatoms. The van der Waals surface area contributed by atoms with Gasteiger partial charge in [-0.3, -0.25) is 4.79 Å². The average molecular weight is 171 g/mol. The van der Waals surface area contributed by atoms with Crippen LogP contribution in [0.3, 0.4) is 0 Å². The van der Waals surface area contributed by atoms with E-state index in [1.54, 1.807) is 0 Å². The second-order valence-electron chi connectivity index (χ2n) is 1.10. The third kappa shape index (κ3) is 4.24. The van der Waals surface area contributed by atoms with Crippen molar-refractivity contribution in [3.63, 3.8) is 0 Å². The predicted octanol–water partition coefficient (Wildman–Crippen LogP) is 0.534. The highest BCUT2D eigenvalue weighted by atomic mass is 35.5. The van der Waals surface area contributed by atoms with E-state index in [-0.39, 0.29) is 12.5 Å². The molecule has 0 aliphatic rings. The van der Waals surface area contributed by atoms with Gasteiger partial charge in [0.25, 0.3) is 0 Å². The fraction of sp³-hybridized carbons (Fsp3) is 0.500. The van der Waals surface area contributed by atoms with Crippen molar-refractivity contribution in [2.24, 2.45) is 0 Å². The van der Waals surface area contributed by atoms with E-state index in [1.165, 1.54) is 0 Å². The Morgan fingerprint density at radius 2 is 2.00 bits per heavy atom. The summed E-state index contributed by atoms with van der Waals surface area (Å²) in [5.74, 6) is -0.895. The molecule has 0 atom stereocenters. The number of hydrogen-bond acceptors (Lipinski definition) is 3. The molecule has 0 spiro atoms. The second-order valence-corrected chi connectivity index (χ2v) is 1.82. The lowest BCUT2D eigenvalue weighted by Gasteiger charge is -1.94. The summed E-state index contributed by atoms with van der Waals surface area (Å²) in [7, 11) is 0. The van der Waals surface area contributed by atoms with Gasteiger partial charge in [-0.1, -0.05) is 0 Å². The fourth-order valence-corrected chi connectivity index (χ4v) is 0.320. The van der Waals surface area contributed by atoms with Gasteiger partial charge in [0.15, 0.2) is 0 Å². The lowest BCUT2D eigenvalue weighted by Crippen LogP contribution is -2.12. The number of hydrogen-bond donors (Lipinski definition) is 0. The molecule has 0 aromatic carbocycles. The predicted molar refractivity (Wildman–Crippen MR) is 32.5 cm³/mol. The SMILES string of the molecule is O=C(Cl)C(=O)OCCCl. The molecule has 0 aliphatic heterocycles. The Morgan fingerprint density at radius 1 is 1.44 bits per heavy atom. The highest BCUT2D eigenvalue weighted by molar-refractivity contribution is 6.80. The van der Waals surface area contributed by atoms with E-state index in [2.05, 4.69) is 4.74 Å². The van der Waals surface area contributed by atoms with Crippen LogP contribution in [-0.2, 0) is 14.3 Å². The molecule has 9 heavy (non-hydrogen) atoms. The minimum Gasteiger partial charge on any atom is -0.458 e. The maximum absolute atomic E-state index is 10.1. The van der Waals surface area contributed by atoms with E-state index in [0.29, 0.717) is 0 Å². The van der Waals surface area contributed by atoms with Crippen LogP contribution >= 0.6 is 23.2 Å². The molecule has 52 valence electrons. The van der Waals surface area contributed by atoms with Gasteiger partial charge in [-0.05, 0) is 11.6 Å². The van der Waals surface area contributed by atoms with Crippen LogP contribution in [0.25, 0.3) is 0 Å². The van der Waals surface area contributed by atoms with Crippen LogP contribution < -0.4 is 0 Å². The number of ether oxygens (including phenoxy) is 1. The maximum atomic E-state index is 10.1. The molecular formula is C4H4Cl2O3. The van der Waals surface area contributed by atoms with Crippen molar-refractivity contribution in [2.45, 2.75) is 0 Å². The standard InChI is InChI=1S/C4H4Cl2O3/c5-1-2-9-4(8)3(6)7/h1-2H2. The number of alkyl halides is 1. The van der Waals surface area contributed by atoms with E-state index in [1.807, 2.05) is 0 Å². The zero-order chi connectivity index (χ0) is 7.28. The quantitative estimate of drug-likeness (QED) is 0.269. The first-order valence-corrected chi connectivity index (χ1v) is 3.02. The first kappa shape index (κ1) is 8.72. The van der Waals surface area contributed by atoms with Gasteiger partial charge in [0.1, 0.15) is 6.61 Å². The van der Waals surface area contributed by atoms with Gasteiger partial charge in [-0.15, -0.1) is 11.6 Å². The smallest absolute Gasteiger partial charge is 0.391 e. The summed E-state index contributed by atoms with van der Waals surface area (Å²) in [6.07, 6.45) is 0. The molecule has 0 amide bonds. The Kier molecular flexibility index (Phi) is 4.44. The van der Waals surface area contributed by atoms with E-state index in [9.17, 15) is 9.59 Å². The first-order chi connectivity index (χ1) is 4.18. The molecule has 0 fully saturated rings. The molecule has 0 saturated carbocycles. The molecule has 0 saturated heterocycles. The lowest BCUT2D eigenvalue weighted by atomic mass is 10.7. The summed E-state index contributed by atoms with van der Waals surface area (Å²) in [4.78, 5) is 20.0. The van der Waals surface area contributed by atoms with Crippen LogP contribution in [0, 0.1) is 0 Å². The maximum Gasteiger partial charge on any atom is 0.391 e. The molecular weight excluding hydrogens is 167 g/mol. The van der Waals surface area contributed by atoms with E-state index < -0.39 is 11.2 Å². The Balaban J connectivity index is 3.39. The zero-order valence-corrected chi connectivity index (χ0v) is 5.91. The molecule has 0 N–H and O–H groups in total. The molecule has 0 unspecified atom stereocenters. The number of carbonyl (C=O) groups is 2. The second kappa shape index (κ2) is 4.58. The van der Waals surface area contributed by atoms with Crippen molar-refractivity contribution in [3.8, 4) is 0 Å². The Hall–Kier alpha value is -0.280. The van der Waals surface area contributed by atoms with E-state index in [4.69, 9.17) is 23.2 Å². The van der Waals surface area contributed by atoms with Gasteiger partial charge >= 0.3 is 11.2 Å². The normalized spacial score (nSPS) is 8.67. The lowest BCUT2D eigenvalue weighted by molar-refractivity contribution is -0.149. The summed E-state index contributed by atoms with van der Waals surface area (Å²) < 4.78 is 4.20. The zero-order valence-electron chi connectivity index (χ0n) is 4.39. The first-order valence-electron chi connectivity index (χ1n) is 2.11. The van der Waals surface area contributed by atoms with Crippen LogP contribution in [-0.4, -0.2) is 23.7 Å². The minimum absolute atomic E-state index is 0.0127. The molecule has 0 heterocycles. The van der Waals surface area contributed by atoms with Crippen molar-refractivity contribution in [1.29, 1.82) is 0 Å². The summed E-state index contributed by atoms with van der Waals surface area (Å²) in [6.45, 7) is 0.0127. The summed E-state index contributed by atoms with van der Waals surface area (Å²) in [5, 5.41) is -1.12. The Labute approximate surface area is 61.9 Å². The molecule has 0 rings (SSSR count). The number of halogens is 2. The van der Waals surface area contributed by atoms with Crippen molar-refractivity contribution >= 4 is 34.4 Å². The van der Waals surface area contributed by atoms with Crippen LogP contribution in [0.15, 0.2) is 0 Å². The van der Waals surface area contributed by atoms with Gasteiger partial charge in [0, 0.05) is 0 Å². The molecule has 0 bridgehead atoms. The van der Waals surface area contributed by atoms with E-state index in [0.717, 1.165) is 0 Å². The van der Waals surface area contributed by atoms with Crippen LogP contribution in [0.2, 0.25) is 0 Å². The molecule has 3 nitrogen and oxygen atoms in total. The Bertz CT molecular complexity index is 123. The number of esters is 1. The fourth-order valence-electron chi connectivity index (χ4n) is 0.188. The third-order valence-corrected chi connectivity index (χ3v) is 0.779. The molecule has 0 aromatic heterocycles. The van der Waals surface area contributed by atoms with Crippen LogP contribution in [0.4, 0.5) is 0 Å². The van der Waals surface area contributed by atoms with Crippen LogP contribution in [0.5, 0.6) is 0 Å². The average Bonchev–Trinajstić information content (AvgIpc) is 1.82. The third-order valence-electron chi connectivity index (χ3n) is 0.471. The van der Waals surface area contributed by atoms with Gasteiger partial charge in [-0.25, -0.2) is 4.79 Å². The van der Waals surface area contributed by atoms with Gasteiger partial charge in [-0.2, -0.15) is 0 Å². The highest BCUT2D eigenvalue weighted by Gasteiger charge is 2.09. The van der Waals surface area contributed by atoms with Crippen molar-refractivity contribution in [1.82, 2.24) is 0 Å². The topological polar surface area (TPSA) is 43.4 Å². The molecule has 0 aliphatic carbocycles. The van der Waals surface area contributed by atoms with Crippen molar-refractivity contribution in [2.75, 3.05) is 12.5 Å². The van der Waals surface area contributed by atoms with Crippen LogP contribution in [0.1, 0.15) is 0 Å². The number of carbonyl (C=O) groups excluding carboxylic acids is 2. The number of rotatable bonds is 3. The largest absolute Gasteiger partial charge is 0.458 e. The van der Waals surface area contributed by atoms with Gasteiger partial charge < -0.3 is 4.74 Å².